The minimum absolute atomic E-state index is 0. The zero-order chi connectivity index (χ0) is 17.3. The van der Waals surface area contributed by atoms with Crippen LogP contribution < -0.4 is 10.6 Å². The van der Waals surface area contributed by atoms with Crippen molar-refractivity contribution < 1.29 is 18.0 Å². The van der Waals surface area contributed by atoms with E-state index in [4.69, 9.17) is 0 Å². The van der Waals surface area contributed by atoms with Crippen molar-refractivity contribution in [2.75, 3.05) is 6.54 Å². The number of piperidine rings is 1. The lowest BCUT2D eigenvalue weighted by Crippen LogP contribution is -2.43. The van der Waals surface area contributed by atoms with Crippen LogP contribution in [0.1, 0.15) is 49.8 Å². The first-order valence-corrected chi connectivity index (χ1v) is 8.55. The largest absolute Gasteiger partial charge is 0.416 e. The molecule has 0 radical (unpaired) electrons. The van der Waals surface area contributed by atoms with E-state index in [9.17, 15) is 18.0 Å². The maximum absolute atomic E-state index is 13.0. The summed E-state index contributed by atoms with van der Waals surface area (Å²) in [6.07, 6.45) is -0.922. The zero-order valence-electron chi connectivity index (χ0n) is 14.1. The van der Waals surface area contributed by atoms with Crippen LogP contribution in [0, 0.1) is 11.8 Å². The van der Waals surface area contributed by atoms with Crippen molar-refractivity contribution in [1.29, 1.82) is 0 Å². The van der Waals surface area contributed by atoms with Gasteiger partial charge in [-0.2, -0.15) is 13.2 Å². The summed E-state index contributed by atoms with van der Waals surface area (Å²) in [4.78, 5) is 12.6. The summed E-state index contributed by atoms with van der Waals surface area (Å²) >= 11 is 0. The molecule has 1 aromatic carbocycles. The number of halogens is 4. The maximum atomic E-state index is 13.0. The van der Waals surface area contributed by atoms with Gasteiger partial charge in [-0.15, -0.1) is 12.4 Å². The SMILES string of the molecule is C[C@H]1C[C@@H](C(=O)NC(c2cccc(C(F)(F)F)c2)C2CC2)CCN1.Cl. The van der Waals surface area contributed by atoms with Gasteiger partial charge in [0, 0.05) is 12.0 Å². The predicted octanol–water partition coefficient (Wildman–Crippen LogP) is 4.08. The summed E-state index contributed by atoms with van der Waals surface area (Å²) in [6.45, 7) is 2.85. The lowest BCUT2D eigenvalue weighted by atomic mass is 9.91. The van der Waals surface area contributed by atoms with Gasteiger partial charge in [-0.25, -0.2) is 0 Å². The smallest absolute Gasteiger partial charge is 0.349 e. The number of carbonyl (C=O) groups excluding carboxylic acids is 1. The highest BCUT2D eigenvalue weighted by atomic mass is 35.5. The first-order valence-electron chi connectivity index (χ1n) is 8.55. The molecule has 3 nitrogen and oxygen atoms in total. The number of hydrogen-bond acceptors (Lipinski definition) is 2. The van der Waals surface area contributed by atoms with Crippen LogP contribution >= 0.6 is 12.4 Å². The molecule has 2 N–H and O–H groups in total. The Morgan fingerprint density at radius 1 is 1.28 bits per heavy atom. The number of amides is 1. The maximum Gasteiger partial charge on any atom is 0.416 e. The van der Waals surface area contributed by atoms with E-state index < -0.39 is 11.7 Å². The van der Waals surface area contributed by atoms with E-state index in [1.807, 2.05) is 6.92 Å². The molecular formula is C18H24ClF3N2O. The van der Waals surface area contributed by atoms with Crippen molar-refractivity contribution in [2.24, 2.45) is 11.8 Å². The van der Waals surface area contributed by atoms with Crippen molar-refractivity contribution in [1.82, 2.24) is 10.6 Å². The van der Waals surface area contributed by atoms with Gasteiger partial charge >= 0.3 is 6.18 Å². The Labute approximate surface area is 152 Å². The third-order valence-corrected chi connectivity index (χ3v) is 4.96. The molecule has 7 heteroatoms. The van der Waals surface area contributed by atoms with E-state index in [1.165, 1.54) is 12.1 Å². The van der Waals surface area contributed by atoms with Crippen LogP contribution in [0.3, 0.4) is 0 Å². The van der Waals surface area contributed by atoms with Gasteiger partial charge < -0.3 is 10.6 Å². The molecule has 1 aromatic rings. The topological polar surface area (TPSA) is 41.1 Å². The Hall–Kier alpha value is -1.27. The number of alkyl halides is 3. The summed E-state index contributed by atoms with van der Waals surface area (Å²) in [5.41, 5.74) is -0.0990. The van der Waals surface area contributed by atoms with Crippen LogP contribution in [0.15, 0.2) is 24.3 Å². The molecule has 1 aliphatic heterocycles. The molecule has 3 rings (SSSR count). The molecule has 1 aliphatic carbocycles. The molecule has 0 bridgehead atoms. The highest BCUT2D eigenvalue weighted by Crippen LogP contribution is 2.42. The Morgan fingerprint density at radius 2 is 2.00 bits per heavy atom. The second-order valence-electron chi connectivity index (χ2n) is 7.02. The molecule has 3 atom stereocenters. The average Bonchev–Trinajstić information content (AvgIpc) is 3.36. The Bertz CT molecular complexity index is 604. The van der Waals surface area contributed by atoms with Crippen molar-refractivity contribution >= 4 is 18.3 Å². The van der Waals surface area contributed by atoms with Crippen LogP contribution in [-0.2, 0) is 11.0 Å². The van der Waals surface area contributed by atoms with Crippen LogP contribution in [0.25, 0.3) is 0 Å². The van der Waals surface area contributed by atoms with E-state index in [2.05, 4.69) is 10.6 Å². The van der Waals surface area contributed by atoms with Crippen molar-refractivity contribution in [3.8, 4) is 0 Å². The van der Waals surface area contributed by atoms with Crippen LogP contribution in [0.2, 0.25) is 0 Å². The highest BCUT2D eigenvalue weighted by Gasteiger charge is 2.37. The molecule has 2 fully saturated rings. The predicted molar refractivity (Wildman–Crippen MR) is 92.5 cm³/mol. The lowest BCUT2D eigenvalue weighted by Gasteiger charge is -2.29. The molecule has 1 saturated carbocycles. The summed E-state index contributed by atoms with van der Waals surface area (Å²) in [7, 11) is 0. The molecule has 0 aromatic heterocycles. The molecule has 2 aliphatic rings. The quantitative estimate of drug-likeness (QED) is 0.831. The molecule has 1 unspecified atom stereocenters. The summed E-state index contributed by atoms with van der Waals surface area (Å²) in [6, 6.07) is 5.33. The summed E-state index contributed by atoms with van der Waals surface area (Å²) < 4.78 is 38.9. The number of nitrogens with one attached hydrogen (secondary N) is 2. The first kappa shape index (κ1) is 20.0. The second-order valence-corrected chi connectivity index (χ2v) is 7.02. The number of rotatable bonds is 4. The molecule has 1 amide bonds. The third-order valence-electron chi connectivity index (χ3n) is 4.96. The fourth-order valence-electron chi connectivity index (χ4n) is 3.45. The lowest BCUT2D eigenvalue weighted by molar-refractivity contribution is -0.137. The minimum atomic E-state index is -4.36. The number of hydrogen-bond donors (Lipinski definition) is 2. The number of benzene rings is 1. The van der Waals surface area contributed by atoms with Gasteiger partial charge in [0.05, 0.1) is 11.6 Å². The number of carbonyl (C=O) groups is 1. The van der Waals surface area contributed by atoms with Crippen LogP contribution in [-0.4, -0.2) is 18.5 Å². The van der Waals surface area contributed by atoms with E-state index in [0.29, 0.717) is 11.6 Å². The third kappa shape index (κ3) is 5.11. The van der Waals surface area contributed by atoms with Gasteiger partial charge in [-0.05, 0) is 62.8 Å². The molecule has 0 spiro atoms. The van der Waals surface area contributed by atoms with Crippen molar-refractivity contribution in [3.63, 3.8) is 0 Å². The van der Waals surface area contributed by atoms with E-state index in [-0.39, 0.29) is 36.2 Å². The second kappa shape index (κ2) is 7.96. The van der Waals surface area contributed by atoms with E-state index in [1.54, 1.807) is 6.07 Å². The van der Waals surface area contributed by atoms with Gasteiger partial charge in [0.15, 0.2) is 0 Å². The Morgan fingerprint density at radius 3 is 2.60 bits per heavy atom. The van der Waals surface area contributed by atoms with Crippen LogP contribution in [0.5, 0.6) is 0 Å². The summed E-state index contributed by atoms with van der Waals surface area (Å²) in [5, 5.41) is 6.34. The van der Waals surface area contributed by atoms with Gasteiger partial charge in [0.25, 0.3) is 0 Å². The van der Waals surface area contributed by atoms with Gasteiger partial charge in [0.2, 0.25) is 5.91 Å². The monoisotopic (exact) mass is 376 g/mol. The minimum Gasteiger partial charge on any atom is -0.349 e. The Balaban J connectivity index is 0.00000225. The molecule has 1 saturated heterocycles. The fraction of sp³-hybridized carbons (Fsp3) is 0.611. The van der Waals surface area contributed by atoms with Gasteiger partial charge in [-0.3, -0.25) is 4.79 Å². The van der Waals surface area contributed by atoms with Gasteiger partial charge in [-0.1, -0.05) is 12.1 Å². The van der Waals surface area contributed by atoms with E-state index >= 15 is 0 Å². The molecule has 1 heterocycles. The molecule has 25 heavy (non-hydrogen) atoms. The zero-order valence-corrected chi connectivity index (χ0v) is 14.9. The average molecular weight is 377 g/mol. The molecular weight excluding hydrogens is 353 g/mol. The summed E-state index contributed by atoms with van der Waals surface area (Å²) in [5.74, 6) is 0.155. The Kier molecular flexibility index (Phi) is 6.38. The standard InChI is InChI=1S/C18H23F3N2O.ClH/c1-11-9-14(7-8-22-11)17(24)23-16(12-5-6-12)13-3-2-4-15(10-13)18(19,20)21;/h2-4,10-12,14,16,22H,5-9H2,1H3,(H,23,24);1H/t11-,14-,16?;/m0./s1. The van der Waals surface area contributed by atoms with Gasteiger partial charge in [0.1, 0.15) is 0 Å². The first-order chi connectivity index (χ1) is 11.3. The van der Waals surface area contributed by atoms with Crippen LogP contribution in [0.4, 0.5) is 13.2 Å². The normalized spacial score (nSPS) is 25.0. The molecule has 140 valence electrons. The van der Waals surface area contributed by atoms with Crippen molar-refractivity contribution in [3.05, 3.63) is 35.4 Å². The van der Waals surface area contributed by atoms with Crippen molar-refractivity contribution in [2.45, 2.75) is 50.9 Å². The highest BCUT2D eigenvalue weighted by molar-refractivity contribution is 5.85. The van der Waals surface area contributed by atoms with E-state index in [0.717, 1.165) is 38.3 Å². The fourth-order valence-corrected chi connectivity index (χ4v) is 3.45.